The van der Waals surface area contributed by atoms with Gasteiger partial charge < -0.3 is 29.4 Å². The molecule has 1 atom stereocenters. The molecule has 0 amide bonds. The Morgan fingerprint density at radius 2 is 1.61 bits per heavy atom. The molecule has 0 saturated heterocycles. The average Bonchev–Trinajstić information content (AvgIpc) is 2.32. The molecule has 18 heavy (non-hydrogen) atoms. The van der Waals surface area contributed by atoms with Crippen LogP contribution in [0.4, 0.5) is 0 Å². The molecule has 1 aliphatic rings. The van der Waals surface area contributed by atoms with Crippen molar-refractivity contribution in [3.8, 4) is 0 Å². The van der Waals surface area contributed by atoms with Crippen molar-refractivity contribution in [3.63, 3.8) is 0 Å². The smallest absolute Gasteiger partial charge is 0.134 e. The molecule has 0 heterocycles. The maximum atomic E-state index is 2.69. The standard InChI is InChI=1S/C13H25NSi.2ClH.Ti/c1-10-8-9-11(2)12(10)14(15(6)7)13(3,4)5;;;/h8-10,15H,1-7H3;2*1H;/p-2. The Hall–Kier alpha value is 0.791. The van der Waals surface area contributed by atoms with Crippen molar-refractivity contribution in [2.45, 2.75) is 53.3 Å². The summed E-state index contributed by atoms with van der Waals surface area (Å²) in [5, 5.41) is 0. The van der Waals surface area contributed by atoms with Gasteiger partial charge in [-0.1, -0.05) is 32.2 Å². The van der Waals surface area contributed by atoms with Crippen LogP contribution >= 0.6 is 0 Å². The molecule has 0 aromatic rings. The van der Waals surface area contributed by atoms with Crippen molar-refractivity contribution < 1.29 is 46.5 Å². The molecule has 5 heteroatoms. The fraction of sp³-hybridized carbons (Fsp3) is 0.692. The summed E-state index contributed by atoms with van der Waals surface area (Å²) in [6.07, 6.45) is 4.59. The van der Waals surface area contributed by atoms with E-state index in [0.717, 1.165) is 0 Å². The number of allylic oxidation sites excluding steroid dienone is 3. The van der Waals surface area contributed by atoms with E-state index in [1.807, 2.05) is 0 Å². The molecule has 0 aromatic carbocycles. The van der Waals surface area contributed by atoms with Gasteiger partial charge in [0.15, 0.2) is 0 Å². The monoisotopic (exact) mass is 341 g/mol. The summed E-state index contributed by atoms with van der Waals surface area (Å²) < 4.78 is 2.69. The Morgan fingerprint density at radius 1 is 1.17 bits per heavy atom. The molecule has 106 valence electrons. The second-order valence-electron chi connectivity index (χ2n) is 5.85. The fourth-order valence-corrected chi connectivity index (χ4v) is 5.19. The summed E-state index contributed by atoms with van der Waals surface area (Å²) >= 11 is 0. The van der Waals surface area contributed by atoms with Crippen molar-refractivity contribution in [1.82, 2.24) is 4.57 Å². The topological polar surface area (TPSA) is 3.24 Å². The minimum Gasteiger partial charge on any atom is -1.00 e. The van der Waals surface area contributed by atoms with E-state index < -0.39 is 8.96 Å². The van der Waals surface area contributed by atoms with Gasteiger partial charge >= 0.3 is 0 Å². The molecule has 0 fully saturated rings. The Kier molecular flexibility index (Phi) is 11.7. The van der Waals surface area contributed by atoms with Crippen LogP contribution in [0.2, 0.25) is 13.1 Å². The predicted molar refractivity (Wildman–Crippen MR) is 71.5 cm³/mol. The normalized spacial score (nSPS) is 18.1. The van der Waals surface area contributed by atoms with E-state index >= 15 is 0 Å². The number of hydrogen-bond acceptors (Lipinski definition) is 1. The van der Waals surface area contributed by atoms with Crippen molar-refractivity contribution in [2.75, 3.05) is 0 Å². The molecular weight excluding hydrogens is 317 g/mol. The van der Waals surface area contributed by atoms with Crippen LogP contribution < -0.4 is 24.8 Å². The molecule has 0 aromatic heterocycles. The van der Waals surface area contributed by atoms with Crippen LogP contribution in [-0.4, -0.2) is 19.1 Å². The van der Waals surface area contributed by atoms with E-state index in [9.17, 15) is 0 Å². The van der Waals surface area contributed by atoms with Crippen LogP contribution in [0.1, 0.15) is 34.6 Å². The third-order valence-corrected chi connectivity index (χ3v) is 5.05. The van der Waals surface area contributed by atoms with E-state index in [-0.39, 0.29) is 52.1 Å². The van der Waals surface area contributed by atoms with Crippen molar-refractivity contribution >= 4 is 8.96 Å². The fourth-order valence-electron chi connectivity index (χ4n) is 2.65. The van der Waals surface area contributed by atoms with E-state index in [1.165, 1.54) is 5.57 Å². The third-order valence-electron chi connectivity index (χ3n) is 2.97. The van der Waals surface area contributed by atoms with Gasteiger partial charge in [-0.2, -0.15) is 0 Å². The van der Waals surface area contributed by atoms with Gasteiger partial charge in [0.2, 0.25) is 0 Å². The van der Waals surface area contributed by atoms with Gasteiger partial charge in [0.1, 0.15) is 8.96 Å². The molecule has 1 unspecified atom stereocenters. The minimum absolute atomic E-state index is 0. The first kappa shape index (κ1) is 23.9. The van der Waals surface area contributed by atoms with Gasteiger partial charge in [0.05, 0.1) is 0 Å². The van der Waals surface area contributed by atoms with E-state index in [0.29, 0.717) is 5.92 Å². The maximum absolute atomic E-state index is 2.69. The van der Waals surface area contributed by atoms with Crippen LogP contribution in [0.15, 0.2) is 23.4 Å². The summed E-state index contributed by atoms with van der Waals surface area (Å²) in [6, 6.07) is 0. The Labute approximate surface area is 142 Å². The third kappa shape index (κ3) is 5.42. The van der Waals surface area contributed by atoms with E-state index in [2.05, 4.69) is 64.4 Å². The molecule has 1 aliphatic carbocycles. The number of nitrogens with zero attached hydrogens (tertiary/aromatic N) is 1. The molecule has 0 N–H and O–H groups in total. The van der Waals surface area contributed by atoms with Gasteiger partial charge in [-0.15, -0.1) is 0 Å². The Balaban J connectivity index is -0.000000750. The molecule has 0 bridgehead atoms. The summed E-state index contributed by atoms with van der Waals surface area (Å²) in [7, 11) is -0.805. The molecule has 0 aliphatic heterocycles. The quantitative estimate of drug-likeness (QED) is 0.504. The summed E-state index contributed by atoms with van der Waals surface area (Å²) in [6.45, 7) is 16.3. The van der Waals surface area contributed by atoms with Gasteiger partial charge in [0, 0.05) is 38.9 Å². The van der Waals surface area contributed by atoms with Crippen LogP contribution in [0.25, 0.3) is 0 Å². The van der Waals surface area contributed by atoms with Gasteiger partial charge in [0.25, 0.3) is 0 Å². The molecule has 0 radical (unpaired) electrons. The Morgan fingerprint density at radius 3 is 1.83 bits per heavy atom. The largest absolute Gasteiger partial charge is 1.00 e. The first-order valence-corrected chi connectivity index (χ1v) is 8.76. The number of hydrogen-bond donors (Lipinski definition) is 0. The minimum atomic E-state index is -0.805. The van der Waals surface area contributed by atoms with E-state index in [1.54, 1.807) is 5.70 Å². The van der Waals surface area contributed by atoms with Crippen LogP contribution in [0, 0.1) is 5.92 Å². The zero-order valence-electron chi connectivity index (χ0n) is 12.5. The predicted octanol–water partition coefficient (Wildman–Crippen LogP) is -2.44. The zero-order chi connectivity index (χ0) is 11.8. The molecular formula is C13H25Cl2NSiTi-2. The van der Waals surface area contributed by atoms with Crippen molar-refractivity contribution in [3.05, 3.63) is 23.4 Å². The summed E-state index contributed by atoms with van der Waals surface area (Å²) in [5.41, 5.74) is 3.28. The average molecular weight is 342 g/mol. The second kappa shape index (κ2) is 8.86. The molecule has 1 nitrogen and oxygen atoms in total. The summed E-state index contributed by atoms with van der Waals surface area (Å²) in [4.78, 5) is 0. The van der Waals surface area contributed by atoms with Crippen molar-refractivity contribution in [2.24, 2.45) is 5.92 Å². The van der Waals surface area contributed by atoms with Crippen LogP contribution in [-0.2, 0) is 21.7 Å². The second-order valence-corrected chi connectivity index (χ2v) is 8.55. The van der Waals surface area contributed by atoms with E-state index in [4.69, 9.17) is 0 Å². The molecule has 0 saturated carbocycles. The SMILES string of the molecule is CC1=C(N([SiH](C)C)C(C)(C)C)C(C)C=C1.[Cl-].[Cl-].[Ti]. The molecule has 0 spiro atoms. The van der Waals surface area contributed by atoms with Crippen LogP contribution in [0.5, 0.6) is 0 Å². The van der Waals surface area contributed by atoms with Gasteiger partial charge in [-0.05, 0) is 33.3 Å². The zero-order valence-corrected chi connectivity index (χ0v) is 16.7. The number of rotatable bonds is 2. The van der Waals surface area contributed by atoms with Gasteiger partial charge in [-0.3, -0.25) is 0 Å². The van der Waals surface area contributed by atoms with Crippen LogP contribution in [0.3, 0.4) is 0 Å². The number of halogens is 2. The Bertz CT molecular complexity index is 309. The first-order chi connectivity index (χ1) is 6.75. The maximum Gasteiger partial charge on any atom is 0.134 e. The van der Waals surface area contributed by atoms with Gasteiger partial charge in [-0.25, -0.2) is 0 Å². The summed E-state index contributed by atoms with van der Waals surface area (Å²) in [5.74, 6) is 0.596. The molecule has 1 rings (SSSR count). The first-order valence-electron chi connectivity index (χ1n) is 5.93. The van der Waals surface area contributed by atoms with Crippen molar-refractivity contribution in [1.29, 1.82) is 0 Å².